The van der Waals surface area contributed by atoms with Crippen molar-refractivity contribution in [3.63, 3.8) is 0 Å². The number of likely N-dealkylation sites (N-methyl/N-ethyl adjacent to an activating group) is 1. The minimum atomic E-state index is 0.642. The highest BCUT2D eigenvalue weighted by Gasteiger charge is 2.21. The number of rotatable bonds is 3. The second-order valence-electron chi connectivity index (χ2n) is 5.16. The van der Waals surface area contributed by atoms with Crippen LogP contribution in [0.4, 0.5) is 0 Å². The molecule has 0 radical (unpaired) electrons. The molecule has 1 aliphatic carbocycles. The summed E-state index contributed by atoms with van der Waals surface area (Å²) in [4.78, 5) is 9.68. The normalized spacial score (nSPS) is 18.9. The van der Waals surface area contributed by atoms with Crippen LogP contribution >= 0.6 is 0 Å². The molecule has 1 unspecified atom stereocenters. The summed E-state index contributed by atoms with van der Waals surface area (Å²) in [5.41, 5.74) is 4.24. The van der Waals surface area contributed by atoms with E-state index in [2.05, 4.69) is 46.2 Å². The predicted octanol–water partition coefficient (Wildman–Crippen LogP) is 2.40. The first-order chi connectivity index (χ1) is 8.83. The topological polar surface area (TPSA) is 31.9 Å². The van der Waals surface area contributed by atoms with Gasteiger partial charge in [-0.2, -0.15) is 0 Å². The molecule has 0 aliphatic heterocycles. The fourth-order valence-corrected chi connectivity index (χ4v) is 2.82. The Morgan fingerprint density at radius 3 is 2.94 bits per heavy atom. The highest BCUT2D eigenvalue weighted by Crippen LogP contribution is 2.24. The highest BCUT2D eigenvalue weighted by molar-refractivity contribution is 5.30. The standard InChI is InChI=1S/C15H19N3/c1-18(10-14-9-16-11-17-14)15-7-6-12-4-2-3-5-13(12)8-15/h2-5,9,11,15H,6-8,10H2,1H3,(H,16,17). The molecule has 3 heteroatoms. The molecule has 0 saturated carbocycles. The van der Waals surface area contributed by atoms with Crippen molar-refractivity contribution in [3.8, 4) is 0 Å². The number of H-pyrrole nitrogens is 1. The lowest BCUT2D eigenvalue weighted by molar-refractivity contribution is 0.212. The van der Waals surface area contributed by atoms with E-state index in [0.717, 1.165) is 6.54 Å². The van der Waals surface area contributed by atoms with E-state index in [-0.39, 0.29) is 0 Å². The van der Waals surface area contributed by atoms with Crippen molar-refractivity contribution in [2.24, 2.45) is 0 Å². The van der Waals surface area contributed by atoms with Crippen molar-refractivity contribution < 1.29 is 0 Å². The Balaban J connectivity index is 1.68. The van der Waals surface area contributed by atoms with Gasteiger partial charge in [0.15, 0.2) is 0 Å². The lowest BCUT2D eigenvalue weighted by Gasteiger charge is -2.32. The Kier molecular flexibility index (Phi) is 3.15. The van der Waals surface area contributed by atoms with Gasteiger partial charge in [0.2, 0.25) is 0 Å². The molecule has 0 amide bonds. The number of fused-ring (bicyclic) bond motifs is 1. The van der Waals surface area contributed by atoms with Gasteiger partial charge in [0.25, 0.3) is 0 Å². The number of aryl methyl sites for hydroxylation is 1. The fourth-order valence-electron chi connectivity index (χ4n) is 2.82. The highest BCUT2D eigenvalue weighted by atomic mass is 15.1. The molecule has 18 heavy (non-hydrogen) atoms. The molecule has 1 N–H and O–H groups in total. The van der Waals surface area contributed by atoms with Crippen molar-refractivity contribution in [2.75, 3.05) is 7.05 Å². The van der Waals surface area contributed by atoms with Crippen LogP contribution in [0.15, 0.2) is 36.8 Å². The van der Waals surface area contributed by atoms with Gasteiger partial charge < -0.3 is 4.98 Å². The summed E-state index contributed by atoms with van der Waals surface area (Å²) >= 11 is 0. The fraction of sp³-hybridized carbons (Fsp3) is 0.400. The van der Waals surface area contributed by atoms with Crippen LogP contribution in [-0.4, -0.2) is 28.0 Å². The number of imidazole rings is 1. The van der Waals surface area contributed by atoms with Crippen molar-refractivity contribution in [1.82, 2.24) is 14.9 Å². The molecule has 1 atom stereocenters. The first kappa shape index (κ1) is 11.5. The van der Waals surface area contributed by atoms with E-state index < -0.39 is 0 Å². The van der Waals surface area contributed by atoms with Gasteiger partial charge in [-0.3, -0.25) is 4.90 Å². The third-order valence-electron chi connectivity index (χ3n) is 3.92. The largest absolute Gasteiger partial charge is 0.347 e. The molecule has 2 aromatic rings. The van der Waals surface area contributed by atoms with Crippen molar-refractivity contribution in [1.29, 1.82) is 0 Å². The SMILES string of the molecule is CN(Cc1cnc[nH]1)C1CCc2ccccc2C1. The van der Waals surface area contributed by atoms with E-state index in [4.69, 9.17) is 0 Å². The molecule has 0 bridgehead atoms. The first-order valence-electron chi connectivity index (χ1n) is 6.57. The van der Waals surface area contributed by atoms with Gasteiger partial charge in [0, 0.05) is 24.5 Å². The van der Waals surface area contributed by atoms with Gasteiger partial charge in [0.1, 0.15) is 0 Å². The van der Waals surface area contributed by atoms with Gasteiger partial charge in [-0.1, -0.05) is 24.3 Å². The Bertz CT molecular complexity index is 504. The van der Waals surface area contributed by atoms with Gasteiger partial charge in [-0.25, -0.2) is 4.98 Å². The monoisotopic (exact) mass is 241 g/mol. The smallest absolute Gasteiger partial charge is 0.0922 e. The molecule has 3 rings (SSSR count). The Morgan fingerprint density at radius 2 is 2.17 bits per heavy atom. The van der Waals surface area contributed by atoms with E-state index in [1.165, 1.54) is 36.1 Å². The third-order valence-corrected chi connectivity index (χ3v) is 3.92. The second-order valence-corrected chi connectivity index (χ2v) is 5.16. The minimum Gasteiger partial charge on any atom is -0.347 e. The summed E-state index contributed by atoms with van der Waals surface area (Å²) in [6.07, 6.45) is 7.28. The van der Waals surface area contributed by atoms with E-state index >= 15 is 0 Å². The van der Waals surface area contributed by atoms with Gasteiger partial charge >= 0.3 is 0 Å². The zero-order valence-electron chi connectivity index (χ0n) is 10.8. The Labute approximate surface area is 108 Å². The van der Waals surface area contributed by atoms with Crippen molar-refractivity contribution in [3.05, 3.63) is 53.6 Å². The van der Waals surface area contributed by atoms with E-state index in [9.17, 15) is 0 Å². The number of hydrogen-bond acceptors (Lipinski definition) is 2. The molecule has 0 spiro atoms. The Hall–Kier alpha value is -1.61. The maximum atomic E-state index is 4.07. The summed E-state index contributed by atoms with van der Waals surface area (Å²) in [5, 5.41) is 0. The number of nitrogens with one attached hydrogen (secondary N) is 1. The number of aromatic amines is 1. The zero-order chi connectivity index (χ0) is 12.4. The maximum Gasteiger partial charge on any atom is 0.0922 e. The lowest BCUT2D eigenvalue weighted by Crippen LogP contribution is -2.36. The average molecular weight is 241 g/mol. The number of hydrogen-bond donors (Lipinski definition) is 1. The van der Waals surface area contributed by atoms with Crippen LogP contribution in [0, 0.1) is 0 Å². The molecule has 94 valence electrons. The molecule has 0 saturated heterocycles. The third kappa shape index (κ3) is 2.31. The number of nitrogens with zero attached hydrogens (tertiary/aromatic N) is 2. The second kappa shape index (κ2) is 4.94. The zero-order valence-corrected chi connectivity index (χ0v) is 10.8. The summed E-state index contributed by atoms with van der Waals surface area (Å²) in [7, 11) is 2.21. The van der Waals surface area contributed by atoms with Crippen LogP contribution in [0.5, 0.6) is 0 Å². The van der Waals surface area contributed by atoms with Crippen molar-refractivity contribution >= 4 is 0 Å². The van der Waals surface area contributed by atoms with E-state index in [1.807, 2.05) is 6.20 Å². The van der Waals surface area contributed by atoms with Crippen LogP contribution in [0.25, 0.3) is 0 Å². The summed E-state index contributed by atoms with van der Waals surface area (Å²) < 4.78 is 0. The predicted molar refractivity (Wildman–Crippen MR) is 72.3 cm³/mol. The summed E-state index contributed by atoms with van der Waals surface area (Å²) in [5.74, 6) is 0. The Morgan fingerprint density at radius 1 is 1.33 bits per heavy atom. The number of benzene rings is 1. The van der Waals surface area contributed by atoms with Crippen molar-refractivity contribution in [2.45, 2.75) is 31.8 Å². The maximum absolute atomic E-state index is 4.07. The van der Waals surface area contributed by atoms with Crippen LogP contribution in [0.2, 0.25) is 0 Å². The van der Waals surface area contributed by atoms with E-state index in [0.29, 0.717) is 6.04 Å². The molecular weight excluding hydrogens is 222 g/mol. The molecule has 1 aromatic heterocycles. The van der Waals surface area contributed by atoms with Crippen LogP contribution < -0.4 is 0 Å². The molecular formula is C15H19N3. The quantitative estimate of drug-likeness (QED) is 0.895. The molecule has 3 nitrogen and oxygen atoms in total. The number of aromatic nitrogens is 2. The van der Waals surface area contributed by atoms with Gasteiger partial charge in [0.05, 0.1) is 6.33 Å². The summed E-state index contributed by atoms with van der Waals surface area (Å²) in [6.45, 7) is 0.951. The molecule has 1 aromatic carbocycles. The van der Waals surface area contributed by atoms with Crippen LogP contribution in [0.1, 0.15) is 23.2 Å². The minimum absolute atomic E-state index is 0.642. The van der Waals surface area contributed by atoms with Gasteiger partial charge in [-0.15, -0.1) is 0 Å². The summed E-state index contributed by atoms with van der Waals surface area (Å²) in [6, 6.07) is 9.47. The molecule has 1 heterocycles. The van der Waals surface area contributed by atoms with Crippen LogP contribution in [0.3, 0.4) is 0 Å². The average Bonchev–Trinajstić information content (AvgIpc) is 2.91. The first-order valence-corrected chi connectivity index (χ1v) is 6.57. The van der Waals surface area contributed by atoms with Crippen LogP contribution in [-0.2, 0) is 19.4 Å². The lowest BCUT2D eigenvalue weighted by atomic mass is 9.87. The molecule has 0 fully saturated rings. The van der Waals surface area contributed by atoms with Gasteiger partial charge in [-0.05, 0) is 37.4 Å². The van der Waals surface area contributed by atoms with E-state index in [1.54, 1.807) is 6.33 Å². The molecule has 1 aliphatic rings.